The van der Waals surface area contributed by atoms with E-state index < -0.39 is 0 Å². The highest BCUT2D eigenvalue weighted by molar-refractivity contribution is 4.72. The first-order valence-corrected chi connectivity index (χ1v) is 7.72. The van der Waals surface area contributed by atoms with Gasteiger partial charge in [-0.15, -0.1) is 0 Å². The third kappa shape index (κ3) is 5.87. The minimum atomic E-state index is 0.812. The van der Waals surface area contributed by atoms with Crippen molar-refractivity contribution in [3.8, 4) is 0 Å². The van der Waals surface area contributed by atoms with Crippen LogP contribution in [0.15, 0.2) is 0 Å². The number of nitrogens with two attached hydrogens (primary N) is 1. The Labute approximate surface area is 108 Å². The molecule has 0 amide bonds. The van der Waals surface area contributed by atoms with Crippen molar-refractivity contribution in [2.45, 2.75) is 71.3 Å². The quantitative estimate of drug-likeness (QED) is 0.739. The number of nitrogens with zero attached hydrogens (tertiary/aromatic N) is 1. The molecule has 0 saturated carbocycles. The lowest BCUT2D eigenvalue weighted by atomic mass is 9.96. The van der Waals surface area contributed by atoms with Gasteiger partial charge in [0.25, 0.3) is 0 Å². The van der Waals surface area contributed by atoms with Crippen LogP contribution in [-0.4, -0.2) is 30.6 Å². The lowest BCUT2D eigenvalue weighted by Crippen LogP contribution is -2.33. The van der Waals surface area contributed by atoms with E-state index in [4.69, 9.17) is 5.73 Å². The van der Waals surface area contributed by atoms with Crippen molar-refractivity contribution in [3.63, 3.8) is 0 Å². The third-order valence-corrected chi connectivity index (χ3v) is 4.40. The molecule has 0 aromatic rings. The van der Waals surface area contributed by atoms with Crippen molar-refractivity contribution in [2.24, 2.45) is 11.7 Å². The molecule has 1 fully saturated rings. The predicted octanol–water partition coefficient (Wildman–Crippen LogP) is 3.41. The predicted molar refractivity (Wildman–Crippen MR) is 76.2 cm³/mol. The average molecular weight is 240 g/mol. The van der Waals surface area contributed by atoms with E-state index in [1.165, 1.54) is 64.5 Å². The van der Waals surface area contributed by atoms with E-state index in [9.17, 15) is 0 Å². The van der Waals surface area contributed by atoms with Gasteiger partial charge in [0.2, 0.25) is 0 Å². The smallest absolute Gasteiger partial charge is 0.00669 e. The normalized spacial score (nSPS) is 24.5. The molecule has 1 aliphatic rings. The SMILES string of the molecule is CCC(CCN)CCCN1CCCCCC1C. The van der Waals surface area contributed by atoms with Crippen molar-refractivity contribution in [1.29, 1.82) is 0 Å². The highest BCUT2D eigenvalue weighted by Crippen LogP contribution is 2.19. The Hall–Kier alpha value is -0.0800. The summed E-state index contributed by atoms with van der Waals surface area (Å²) in [6.45, 7) is 8.20. The van der Waals surface area contributed by atoms with Gasteiger partial charge in [0.15, 0.2) is 0 Å². The van der Waals surface area contributed by atoms with Crippen LogP contribution in [0, 0.1) is 5.92 Å². The van der Waals surface area contributed by atoms with Crippen LogP contribution >= 0.6 is 0 Å². The minimum Gasteiger partial charge on any atom is -0.330 e. The summed E-state index contributed by atoms with van der Waals surface area (Å²) in [5.41, 5.74) is 5.65. The number of likely N-dealkylation sites (tertiary alicyclic amines) is 1. The molecular formula is C15H32N2. The van der Waals surface area contributed by atoms with E-state index in [2.05, 4.69) is 18.7 Å². The molecule has 0 bridgehead atoms. The van der Waals surface area contributed by atoms with Crippen LogP contribution in [0.5, 0.6) is 0 Å². The maximum Gasteiger partial charge on any atom is 0.00669 e. The molecule has 0 aliphatic carbocycles. The topological polar surface area (TPSA) is 29.3 Å². The maximum atomic E-state index is 5.65. The first kappa shape index (κ1) is 15.0. The van der Waals surface area contributed by atoms with Crippen molar-refractivity contribution < 1.29 is 0 Å². The minimum absolute atomic E-state index is 0.812. The number of rotatable bonds is 7. The Bertz CT molecular complexity index is 182. The summed E-state index contributed by atoms with van der Waals surface area (Å²) in [5.74, 6) is 0.863. The fraction of sp³-hybridized carbons (Fsp3) is 1.00. The van der Waals surface area contributed by atoms with Gasteiger partial charge in [-0.2, -0.15) is 0 Å². The summed E-state index contributed by atoms with van der Waals surface area (Å²) in [6.07, 6.45) is 10.9. The molecule has 0 aromatic heterocycles. The fourth-order valence-corrected chi connectivity index (χ4v) is 3.04. The zero-order valence-electron chi connectivity index (χ0n) is 12.0. The zero-order valence-corrected chi connectivity index (χ0v) is 12.0. The van der Waals surface area contributed by atoms with Crippen molar-refractivity contribution in [1.82, 2.24) is 4.90 Å². The van der Waals surface area contributed by atoms with Crippen LogP contribution < -0.4 is 5.73 Å². The summed E-state index contributed by atoms with van der Waals surface area (Å²) >= 11 is 0. The molecule has 1 saturated heterocycles. The Kier molecular flexibility index (Phi) is 7.87. The summed E-state index contributed by atoms with van der Waals surface area (Å²) in [7, 11) is 0. The first-order chi connectivity index (χ1) is 8.27. The second-order valence-corrected chi connectivity index (χ2v) is 5.73. The molecule has 0 aromatic carbocycles. The summed E-state index contributed by atoms with van der Waals surface area (Å²) in [6, 6.07) is 0.812. The van der Waals surface area contributed by atoms with Gasteiger partial charge in [-0.05, 0) is 64.6 Å². The molecule has 102 valence electrons. The Morgan fingerprint density at radius 3 is 2.76 bits per heavy atom. The monoisotopic (exact) mass is 240 g/mol. The third-order valence-electron chi connectivity index (χ3n) is 4.40. The van der Waals surface area contributed by atoms with Gasteiger partial charge in [-0.1, -0.05) is 26.2 Å². The average Bonchev–Trinajstić information content (AvgIpc) is 2.53. The second-order valence-electron chi connectivity index (χ2n) is 5.73. The lowest BCUT2D eigenvalue weighted by Gasteiger charge is -2.27. The van der Waals surface area contributed by atoms with Gasteiger partial charge < -0.3 is 10.6 Å². The van der Waals surface area contributed by atoms with Gasteiger partial charge in [0.1, 0.15) is 0 Å². The highest BCUT2D eigenvalue weighted by atomic mass is 15.1. The molecule has 2 heteroatoms. The second kappa shape index (κ2) is 8.93. The molecule has 1 aliphatic heterocycles. The lowest BCUT2D eigenvalue weighted by molar-refractivity contribution is 0.204. The fourth-order valence-electron chi connectivity index (χ4n) is 3.04. The van der Waals surface area contributed by atoms with E-state index in [1.54, 1.807) is 0 Å². The van der Waals surface area contributed by atoms with Crippen LogP contribution in [0.3, 0.4) is 0 Å². The number of hydrogen-bond donors (Lipinski definition) is 1. The maximum absolute atomic E-state index is 5.65. The summed E-state index contributed by atoms with van der Waals surface area (Å²) < 4.78 is 0. The first-order valence-electron chi connectivity index (χ1n) is 7.72. The molecule has 0 radical (unpaired) electrons. The molecule has 2 unspecified atom stereocenters. The van der Waals surface area contributed by atoms with E-state index in [0.29, 0.717) is 0 Å². The number of hydrogen-bond acceptors (Lipinski definition) is 2. The van der Waals surface area contributed by atoms with E-state index in [1.807, 2.05) is 0 Å². The van der Waals surface area contributed by atoms with E-state index in [0.717, 1.165) is 18.5 Å². The van der Waals surface area contributed by atoms with Crippen molar-refractivity contribution in [3.05, 3.63) is 0 Å². The Morgan fingerprint density at radius 1 is 1.24 bits per heavy atom. The summed E-state index contributed by atoms with van der Waals surface area (Å²) in [4.78, 5) is 2.71. The van der Waals surface area contributed by atoms with Crippen LogP contribution in [0.4, 0.5) is 0 Å². The van der Waals surface area contributed by atoms with Crippen LogP contribution in [-0.2, 0) is 0 Å². The van der Waals surface area contributed by atoms with Crippen LogP contribution in [0.25, 0.3) is 0 Å². The molecule has 2 N–H and O–H groups in total. The van der Waals surface area contributed by atoms with Crippen molar-refractivity contribution in [2.75, 3.05) is 19.6 Å². The Balaban J connectivity index is 2.19. The van der Waals surface area contributed by atoms with Gasteiger partial charge in [-0.3, -0.25) is 0 Å². The van der Waals surface area contributed by atoms with Gasteiger partial charge >= 0.3 is 0 Å². The Morgan fingerprint density at radius 2 is 2.06 bits per heavy atom. The van der Waals surface area contributed by atoms with Crippen LogP contribution in [0.2, 0.25) is 0 Å². The van der Waals surface area contributed by atoms with E-state index in [-0.39, 0.29) is 0 Å². The molecule has 17 heavy (non-hydrogen) atoms. The largest absolute Gasteiger partial charge is 0.330 e. The van der Waals surface area contributed by atoms with Crippen LogP contribution in [0.1, 0.15) is 65.2 Å². The summed E-state index contributed by atoms with van der Waals surface area (Å²) in [5, 5.41) is 0. The molecule has 2 atom stereocenters. The molecule has 0 spiro atoms. The molecule has 1 heterocycles. The zero-order chi connectivity index (χ0) is 12.5. The van der Waals surface area contributed by atoms with Gasteiger partial charge in [0, 0.05) is 6.04 Å². The van der Waals surface area contributed by atoms with Gasteiger partial charge in [-0.25, -0.2) is 0 Å². The molecule has 2 nitrogen and oxygen atoms in total. The highest BCUT2D eigenvalue weighted by Gasteiger charge is 2.16. The van der Waals surface area contributed by atoms with E-state index >= 15 is 0 Å². The molecular weight excluding hydrogens is 208 g/mol. The van der Waals surface area contributed by atoms with Crippen molar-refractivity contribution >= 4 is 0 Å². The molecule has 1 rings (SSSR count). The van der Waals surface area contributed by atoms with Gasteiger partial charge in [0.05, 0.1) is 0 Å². The standard InChI is InChI=1S/C15H32N2/c1-3-15(10-11-16)9-7-13-17-12-6-4-5-8-14(17)2/h14-15H,3-13,16H2,1-2H3.